The van der Waals surface area contributed by atoms with Crippen molar-refractivity contribution in [3.8, 4) is 0 Å². The molecule has 0 saturated heterocycles. The lowest BCUT2D eigenvalue weighted by Crippen LogP contribution is -2.28. The van der Waals surface area contributed by atoms with Gasteiger partial charge in [-0.1, -0.05) is 40.5 Å². The van der Waals surface area contributed by atoms with Crippen LogP contribution in [0.3, 0.4) is 0 Å². The molecule has 0 aromatic rings. The fourth-order valence-electron chi connectivity index (χ4n) is 2.02. The molecule has 0 aromatic heterocycles. The summed E-state index contributed by atoms with van der Waals surface area (Å²) in [5.41, 5.74) is -0.204. The topological polar surface area (TPSA) is 34.1 Å². The second-order valence-corrected chi connectivity index (χ2v) is 5.67. The number of Topliss-reactive ketones (excluding diaryl/α,β-unsaturated/α-hetero) is 2. The zero-order valence-corrected chi connectivity index (χ0v) is 11.4. The lowest BCUT2D eigenvalue weighted by Gasteiger charge is -2.25. The van der Waals surface area contributed by atoms with Gasteiger partial charge in [0.2, 0.25) is 0 Å². The van der Waals surface area contributed by atoms with Crippen LogP contribution in [-0.2, 0) is 9.59 Å². The van der Waals surface area contributed by atoms with Crippen molar-refractivity contribution in [3.63, 3.8) is 0 Å². The second kappa shape index (κ2) is 6.82. The van der Waals surface area contributed by atoms with Crippen LogP contribution in [0.1, 0.15) is 66.7 Å². The molecule has 0 aromatic carbocycles. The van der Waals surface area contributed by atoms with Crippen LogP contribution in [0.25, 0.3) is 0 Å². The van der Waals surface area contributed by atoms with E-state index < -0.39 is 0 Å². The Labute approximate surface area is 99.8 Å². The van der Waals surface area contributed by atoms with Crippen LogP contribution in [0.4, 0.5) is 0 Å². The van der Waals surface area contributed by atoms with Gasteiger partial charge < -0.3 is 4.79 Å². The van der Waals surface area contributed by atoms with Gasteiger partial charge in [-0.15, -0.1) is 0 Å². The third kappa shape index (κ3) is 6.04. The summed E-state index contributed by atoms with van der Waals surface area (Å²) in [4.78, 5) is 22.6. The molecule has 2 nitrogen and oxygen atoms in total. The van der Waals surface area contributed by atoms with Gasteiger partial charge in [-0.2, -0.15) is 0 Å². The van der Waals surface area contributed by atoms with Gasteiger partial charge in [0, 0.05) is 17.8 Å². The summed E-state index contributed by atoms with van der Waals surface area (Å²) >= 11 is 0. The Morgan fingerprint density at radius 2 is 1.62 bits per heavy atom. The van der Waals surface area contributed by atoms with E-state index in [0.29, 0.717) is 12.2 Å². The molecule has 0 N–H and O–H groups in total. The van der Waals surface area contributed by atoms with Crippen LogP contribution in [0, 0.1) is 11.3 Å². The van der Waals surface area contributed by atoms with Crippen molar-refractivity contribution in [2.45, 2.75) is 66.7 Å². The normalized spacial score (nSPS) is 11.9. The predicted octanol–water partition coefficient (Wildman–Crippen LogP) is 3.78. The van der Waals surface area contributed by atoms with Crippen molar-refractivity contribution in [1.29, 1.82) is 0 Å². The first-order valence-corrected chi connectivity index (χ1v) is 6.31. The molecule has 0 bridgehead atoms. The smallest absolute Gasteiger partial charge is 0.140 e. The lowest BCUT2D eigenvalue weighted by atomic mass is 9.78. The van der Waals surface area contributed by atoms with Gasteiger partial charge in [0.1, 0.15) is 11.6 Å². The molecular formula is C14H26O2. The van der Waals surface area contributed by atoms with E-state index >= 15 is 0 Å². The average molecular weight is 226 g/mol. The van der Waals surface area contributed by atoms with Gasteiger partial charge in [-0.3, -0.25) is 4.79 Å². The van der Waals surface area contributed by atoms with Crippen LogP contribution >= 0.6 is 0 Å². The molecule has 0 aliphatic heterocycles. The molecule has 0 fully saturated rings. The second-order valence-electron chi connectivity index (χ2n) is 5.67. The van der Waals surface area contributed by atoms with Gasteiger partial charge in [-0.25, -0.2) is 0 Å². The molecular weight excluding hydrogens is 200 g/mol. The van der Waals surface area contributed by atoms with Crippen LogP contribution in [0.15, 0.2) is 0 Å². The molecule has 0 amide bonds. The van der Waals surface area contributed by atoms with Crippen LogP contribution in [0.2, 0.25) is 0 Å². The summed E-state index contributed by atoms with van der Waals surface area (Å²) in [6, 6.07) is 0. The fraction of sp³-hybridized carbons (Fsp3) is 0.857. The van der Waals surface area contributed by atoms with Crippen LogP contribution in [-0.4, -0.2) is 11.6 Å². The van der Waals surface area contributed by atoms with Crippen molar-refractivity contribution >= 4 is 11.6 Å². The Morgan fingerprint density at radius 1 is 1.06 bits per heavy atom. The molecule has 0 rings (SSSR count). The first-order valence-electron chi connectivity index (χ1n) is 6.31. The van der Waals surface area contributed by atoms with Crippen molar-refractivity contribution in [3.05, 3.63) is 0 Å². The maximum absolute atomic E-state index is 11.9. The number of unbranched alkanes of at least 4 members (excludes halogenated alkanes) is 2. The standard InChI is InChI=1S/C14H26O2/c1-11(2)13(16)14(4,5)10-8-6-7-9-12(3)15/h11H,6-10H2,1-5H3. The monoisotopic (exact) mass is 226 g/mol. The van der Waals surface area contributed by atoms with Crippen LogP contribution in [0.5, 0.6) is 0 Å². The minimum atomic E-state index is -0.204. The Morgan fingerprint density at radius 3 is 2.06 bits per heavy atom. The summed E-state index contributed by atoms with van der Waals surface area (Å²) in [5.74, 6) is 0.726. The molecule has 0 atom stereocenters. The van der Waals surface area contributed by atoms with Gasteiger partial charge in [0.25, 0.3) is 0 Å². The molecule has 2 heteroatoms. The van der Waals surface area contributed by atoms with E-state index in [9.17, 15) is 9.59 Å². The number of hydrogen-bond acceptors (Lipinski definition) is 2. The van der Waals surface area contributed by atoms with E-state index in [1.807, 2.05) is 27.7 Å². The highest BCUT2D eigenvalue weighted by Crippen LogP contribution is 2.28. The average Bonchev–Trinajstić information content (AvgIpc) is 2.15. The SMILES string of the molecule is CC(=O)CCCCCC(C)(C)C(=O)C(C)C. The molecule has 94 valence electrons. The fourth-order valence-corrected chi connectivity index (χ4v) is 2.02. The van der Waals surface area contributed by atoms with E-state index in [2.05, 4.69) is 0 Å². The summed E-state index contributed by atoms with van der Waals surface area (Å²) in [6.07, 6.45) is 4.66. The Hall–Kier alpha value is -0.660. The third-order valence-corrected chi connectivity index (χ3v) is 3.02. The van der Waals surface area contributed by atoms with E-state index in [1.165, 1.54) is 0 Å². The number of carbonyl (C=O) groups excluding carboxylic acids is 2. The highest BCUT2D eigenvalue weighted by Gasteiger charge is 2.28. The van der Waals surface area contributed by atoms with E-state index in [0.717, 1.165) is 25.7 Å². The van der Waals surface area contributed by atoms with Gasteiger partial charge in [0.15, 0.2) is 0 Å². The minimum Gasteiger partial charge on any atom is -0.300 e. The Bertz CT molecular complexity index is 239. The van der Waals surface area contributed by atoms with E-state index in [1.54, 1.807) is 6.92 Å². The molecule has 0 radical (unpaired) electrons. The van der Waals surface area contributed by atoms with Gasteiger partial charge >= 0.3 is 0 Å². The van der Waals surface area contributed by atoms with Crippen molar-refractivity contribution in [2.24, 2.45) is 11.3 Å². The molecule has 0 aliphatic carbocycles. The molecule has 0 aliphatic rings. The zero-order chi connectivity index (χ0) is 12.8. The van der Waals surface area contributed by atoms with Crippen molar-refractivity contribution in [2.75, 3.05) is 0 Å². The quantitative estimate of drug-likeness (QED) is 0.590. The highest BCUT2D eigenvalue weighted by molar-refractivity contribution is 5.85. The molecule has 0 saturated carbocycles. The van der Waals surface area contributed by atoms with E-state index in [4.69, 9.17) is 0 Å². The summed E-state index contributed by atoms with van der Waals surface area (Å²) in [5, 5.41) is 0. The summed E-state index contributed by atoms with van der Waals surface area (Å²) in [7, 11) is 0. The van der Waals surface area contributed by atoms with Crippen LogP contribution < -0.4 is 0 Å². The molecule has 16 heavy (non-hydrogen) atoms. The maximum Gasteiger partial charge on any atom is 0.140 e. The summed E-state index contributed by atoms with van der Waals surface area (Å²) in [6.45, 7) is 9.60. The predicted molar refractivity (Wildman–Crippen MR) is 67.4 cm³/mol. The number of carbonyl (C=O) groups is 2. The number of hydrogen-bond donors (Lipinski definition) is 0. The first-order chi connectivity index (χ1) is 7.27. The number of rotatable bonds is 8. The molecule has 0 spiro atoms. The minimum absolute atomic E-state index is 0.118. The van der Waals surface area contributed by atoms with E-state index in [-0.39, 0.29) is 17.1 Å². The largest absolute Gasteiger partial charge is 0.300 e. The number of ketones is 2. The third-order valence-electron chi connectivity index (χ3n) is 3.02. The Kier molecular flexibility index (Phi) is 6.54. The van der Waals surface area contributed by atoms with Crippen molar-refractivity contribution in [1.82, 2.24) is 0 Å². The van der Waals surface area contributed by atoms with Gasteiger partial charge in [-0.05, 0) is 19.8 Å². The Balaban J connectivity index is 3.82. The summed E-state index contributed by atoms with van der Waals surface area (Å²) < 4.78 is 0. The first kappa shape index (κ1) is 15.3. The molecule has 0 heterocycles. The molecule has 0 unspecified atom stereocenters. The maximum atomic E-state index is 11.9. The highest BCUT2D eigenvalue weighted by atomic mass is 16.1. The zero-order valence-electron chi connectivity index (χ0n) is 11.4. The van der Waals surface area contributed by atoms with Crippen molar-refractivity contribution < 1.29 is 9.59 Å². The van der Waals surface area contributed by atoms with Gasteiger partial charge in [0.05, 0.1) is 0 Å². The lowest BCUT2D eigenvalue weighted by molar-refractivity contribution is -0.130.